The number of fused-ring (bicyclic) bond motifs is 1. The van der Waals surface area contributed by atoms with Gasteiger partial charge in [0.15, 0.2) is 5.65 Å². The number of morpholine rings is 1. The molecule has 4 heterocycles. The van der Waals surface area contributed by atoms with Crippen LogP contribution < -0.4 is 10.2 Å². The van der Waals surface area contributed by atoms with Gasteiger partial charge >= 0.3 is 0 Å². The zero-order valence-electron chi connectivity index (χ0n) is 15.5. The maximum absolute atomic E-state index is 5.43. The van der Waals surface area contributed by atoms with Crippen LogP contribution in [0.2, 0.25) is 0 Å². The predicted molar refractivity (Wildman–Crippen MR) is 111 cm³/mol. The van der Waals surface area contributed by atoms with Crippen molar-refractivity contribution >= 4 is 22.7 Å². The van der Waals surface area contributed by atoms with Crippen LogP contribution in [0.5, 0.6) is 0 Å². The maximum Gasteiger partial charge on any atom is 0.161 e. The number of benzene rings is 1. The molecule has 0 aliphatic carbocycles. The van der Waals surface area contributed by atoms with Crippen molar-refractivity contribution < 1.29 is 4.74 Å². The van der Waals surface area contributed by atoms with Crippen LogP contribution in [0.25, 0.3) is 16.9 Å². The predicted octanol–water partition coefficient (Wildman–Crippen LogP) is 3.98. The van der Waals surface area contributed by atoms with Crippen molar-refractivity contribution in [2.75, 3.05) is 36.5 Å². The molecular weight excluding hydrogens is 350 g/mol. The fourth-order valence-electron chi connectivity index (χ4n) is 3.59. The molecule has 1 saturated heterocycles. The zero-order valence-corrected chi connectivity index (χ0v) is 15.5. The summed E-state index contributed by atoms with van der Waals surface area (Å²) in [5.41, 5.74) is 6.25. The molecule has 140 valence electrons. The van der Waals surface area contributed by atoms with Gasteiger partial charge in [0.05, 0.1) is 24.6 Å². The lowest BCUT2D eigenvalue weighted by Gasteiger charge is -2.29. The average Bonchev–Trinajstić information content (AvgIpc) is 3.26. The highest BCUT2D eigenvalue weighted by molar-refractivity contribution is 5.78. The van der Waals surface area contributed by atoms with Crippen molar-refractivity contribution in [3.8, 4) is 11.3 Å². The standard InChI is InChI=1S/C22H21N5O/c1-2-17(16-23-9-1)21-8-7-20(22-24-10-11-27(21)22)25-18-3-5-19(6-4-18)26-12-14-28-15-13-26/h1-11,16,25H,12-15H2. The molecule has 0 radical (unpaired) electrons. The number of rotatable bonds is 4. The second-order valence-electron chi connectivity index (χ2n) is 6.77. The summed E-state index contributed by atoms with van der Waals surface area (Å²) in [6.45, 7) is 3.47. The molecule has 0 bridgehead atoms. The number of ether oxygens (including phenoxy) is 1. The first-order valence-electron chi connectivity index (χ1n) is 9.45. The summed E-state index contributed by atoms with van der Waals surface area (Å²) < 4.78 is 7.52. The summed E-state index contributed by atoms with van der Waals surface area (Å²) in [4.78, 5) is 11.1. The molecule has 1 fully saturated rings. The number of imidazole rings is 1. The van der Waals surface area contributed by atoms with E-state index < -0.39 is 0 Å². The molecular formula is C22H21N5O. The second kappa shape index (κ2) is 7.32. The zero-order chi connectivity index (χ0) is 18.8. The van der Waals surface area contributed by atoms with Gasteiger partial charge in [-0.2, -0.15) is 0 Å². The number of aromatic nitrogens is 3. The molecule has 1 aliphatic heterocycles. The lowest BCUT2D eigenvalue weighted by molar-refractivity contribution is 0.122. The van der Waals surface area contributed by atoms with Gasteiger partial charge in [0, 0.05) is 54.8 Å². The molecule has 0 unspecified atom stereocenters. The van der Waals surface area contributed by atoms with E-state index in [2.05, 4.69) is 67.0 Å². The van der Waals surface area contributed by atoms with Gasteiger partial charge in [-0.05, 0) is 48.5 Å². The summed E-state index contributed by atoms with van der Waals surface area (Å²) in [5, 5.41) is 3.50. The van der Waals surface area contributed by atoms with Gasteiger partial charge in [-0.3, -0.25) is 9.38 Å². The van der Waals surface area contributed by atoms with E-state index in [-0.39, 0.29) is 0 Å². The molecule has 1 aromatic carbocycles. The summed E-state index contributed by atoms with van der Waals surface area (Å²) in [6, 6.07) is 16.7. The molecule has 6 heteroatoms. The molecule has 3 aromatic heterocycles. The average molecular weight is 371 g/mol. The van der Waals surface area contributed by atoms with Gasteiger partial charge in [0.25, 0.3) is 0 Å². The van der Waals surface area contributed by atoms with Crippen molar-refractivity contribution in [3.63, 3.8) is 0 Å². The van der Waals surface area contributed by atoms with E-state index in [0.717, 1.165) is 54.6 Å². The van der Waals surface area contributed by atoms with Crippen molar-refractivity contribution in [1.82, 2.24) is 14.4 Å². The Morgan fingerprint density at radius 1 is 0.929 bits per heavy atom. The summed E-state index contributed by atoms with van der Waals surface area (Å²) in [5.74, 6) is 0. The van der Waals surface area contributed by atoms with Crippen LogP contribution in [0.15, 0.2) is 73.3 Å². The van der Waals surface area contributed by atoms with E-state index in [9.17, 15) is 0 Å². The van der Waals surface area contributed by atoms with Gasteiger partial charge < -0.3 is 15.0 Å². The largest absolute Gasteiger partial charge is 0.378 e. The molecule has 0 atom stereocenters. The number of nitrogens with one attached hydrogen (secondary N) is 1. The minimum Gasteiger partial charge on any atom is -0.378 e. The topological polar surface area (TPSA) is 54.7 Å². The van der Waals surface area contributed by atoms with Gasteiger partial charge in [0.2, 0.25) is 0 Å². The van der Waals surface area contributed by atoms with Crippen LogP contribution in [0, 0.1) is 0 Å². The lowest BCUT2D eigenvalue weighted by atomic mass is 10.2. The van der Waals surface area contributed by atoms with Crippen LogP contribution in [0.3, 0.4) is 0 Å². The third kappa shape index (κ3) is 3.18. The van der Waals surface area contributed by atoms with Crippen molar-refractivity contribution in [1.29, 1.82) is 0 Å². The van der Waals surface area contributed by atoms with Crippen LogP contribution >= 0.6 is 0 Å². The first-order chi connectivity index (χ1) is 13.9. The third-order valence-electron chi connectivity index (χ3n) is 5.03. The Balaban J connectivity index is 1.42. The minimum atomic E-state index is 0.793. The molecule has 0 spiro atoms. The number of hydrogen-bond donors (Lipinski definition) is 1. The van der Waals surface area contributed by atoms with Gasteiger partial charge in [0.1, 0.15) is 0 Å². The SMILES string of the molecule is c1cncc(-c2ccc(Nc3ccc(N4CCOCC4)cc3)c3nccn23)c1. The summed E-state index contributed by atoms with van der Waals surface area (Å²) in [7, 11) is 0. The third-order valence-corrected chi connectivity index (χ3v) is 5.03. The van der Waals surface area contributed by atoms with Crippen molar-refractivity contribution in [2.45, 2.75) is 0 Å². The van der Waals surface area contributed by atoms with Crippen LogP contribution in [0.1, 0.15) is 0 Å². The lowest BCUT2D eigenvalue weighted by Crippen LogP contribution is -2.36. The maximum atomic E-state index is 5.43. The Morgan fingerprint density at radius 2 is 1.79 bits per heavy atom. The molecule has 4 aromatic rings. The van der Waals surface area contributed by atoms with Gasteiger partial charge in [-0.1, -0.05) is 0 Å². The highest BCUT2D eigenvalue weighted by Gasteiger charge is 2.12. The Hall–Kier alpha value is -3.38. The van der Waals surface area contributed by atoms with Crippen molar-refractivity contribution in [3.05, 3.63) is 73.3 Å². The fraction of sp³-hybridized carbons (Fsp3) is 0.182. The minimum absolute atomic E-state index is 0.793. The quantitative estimate of drug-likeness (QED) is 0.588. The van der Waals surface area contributed by atoms with E-state index >= 15 is 0 Å². The van der Waals surface area contributed by atoms with E-state index in [1.54, 1.807) is 6.20 Å². The summed E-state index contributed by atoms with van der Waals surface area (Å²) >= 11 is 0. The molecule has 0 amide bonds. The molecule has 5 rings (SSSR count). The Labute approximate surface area is 163 Å². The Bertz CT molecular complexity index is 1070. The van der Waals surface area contributed by atoms with Crippen molar-refractivity contribution in [2.24, 2.45) is 0 Å². The van der Waals surface area contributed by atoms with Gasteiger partial charge in [-0.25, -0.2) is 4.98 Å². The molecule has 28 heavy (non-hydrogen) atoms. The Kier molecular flexibility index (Phi) is 4.39. The van der Waals surface area contributed by atoms with Crippen LogP contribution in [0.4, 0.5) is 17.1 Å². The second-order valence-corrected chi connectivity index (χ2v) is 6.77. The van der Waals surface area contributed by atoms with E-state index in [1.807, 2.05) is 24.7 Å². The fourth-order valence-corrected chi connectivity index (χ4v) is 3.59. The highest BCUT2D eigenvalue weighted by atomic mass is 16.5. The number of nitrogens with zero attached hydrogens (tertiary/aromatic N) is 4. The van der Waals surface area contributed by atoms with E-state index in [4.69, 9.17) is 4.74 Å². The molecule has 0 saturated carbocycles. The van der Waals surface area contributed by atoms with E-state index in [0.29, 0.717) is 0 Å². The monoisotopic (exact) mass is 371 g/mol. The molecule has 1 aliphatic rings. The smallest absolute Gasteiger partial charge is 0.161 e. The number of anilines is 3. The van der Waals surface area contributed by atoms with Gasteiger partial charge in [-0.15, -0.1) is 0 Å². The first-order valence-corrected chi connectivity index (χ1v) is 9.45. The van der Waals surface area contributed by atoms with Crippen LogP contribution in [-0.4, -0.2) is 40.7 Å². The first kappa shape index (κ1) is 16.8. The van der Waals surface area contributed by atoms with Crippen LogP contribution in [-0.2, 0) is 4.74 Å². The highest BCUT2D eigenvalue weighted by Crippen LogP contribution is 2.28. The molecule has 6 nitrogen and oxygen atoms in total. The normalized spacial score (nSPS) is 14.4. The molecule has 1 N–H and O–H groups in total. The number of hydrogen-bond acceptors (Lipinski definition) is 5. The number of pyridine rings is 2. The van der Waals surface area contributed by atoms with E-state index in [1.165, 1.54) is 5.69 Å². The summed E-state index contributed by atoms with van der Waals surface area (Å²) in [6.07, 6.45) is 7.45. The Morgan fingerprint density at radius 3 is 2.57 bits per heavy atom.